The predicted molar refractivity (Wildman–Crippen MR) is 67.3 cm³/mol. The Morgan fingerprint density at radius 1 is 0.842 bits per heavy atom. The van der Waals surface area contributed by atoms with Gasteiger partial charge in [0.05, 0.1) is 10.2 Å². The van der Waals surface area contributed by atoms with Crippen LogP contribution in [0, 0.1) is 30.6 Å². The molecule has 0 radical (unpaired) electrons. The molecule has 0 spiro atoms. The Bertz CT molecular complexity index is 377. The van der Waals surface area contributed by atoms with Crippen LogP contribution in [-0.2, 0) is 19.5 Å². The summed E-state index contributed by atoms with van der Waals surface area (Å²) in [6, 6.07) is 8.02. The van der Waals surface area contributed by atoms with Crippen LogP contribution >= 0.6 is 0 Å². The van der Waals surface area contributed by atoms with Crippen LogP contribution in [0.2, 0.25) is 0 Å². The van der Waals surface area contributed by atoms with Gasteiger partial charge in [-0.1, -0.05) is 49.6 Å². The summed E-state index contributed by atoms with van der Waals surface area (Å²) in [5.74, 6) is 0. The van der Waals surface area contributed by atoms with Crippen molar-refractivity contribution >= 4 is 12.2 Å². The molecule has 0 unspecified atom stereocenters. The third-order valence-corrected chi connectivity index (χ3v) is 1.44. The Balaban J connectivity index is -0.000000242. The molecule has 1 rings (SSSR count). The second-order valence-corrected chi connectivity index (χ2v) is 2.48. The number of benzene rings is 1. The van der Waals surface area contributed by atoms with Gasteiger partial charge in [-0.2, -0.15) is 0 Å². The van der Waals surface area contributed by atoms with Crippen LogP contribution < -0.4 is 0 Å². The van der Waals surface area contributed by atoms with E-state index in [1.165, 1.54) is 0 Å². The van der Waals surface area contributed by atoms with E-state index in [2.05, 4.69) is 13.2 Å². The van der Waals surface area contributed by atoms with E-state index >= 15 is 0 Å². The molecule has 0 aliphatic rings. The molecule has 0 aliphatic heterocycles. The molecule has 0 N–H and O–H groups in total. The Hall–Kier alpha value is -2.28. The van der Waals surface area contributed by atoms with Crippen LogP contribution in [0.5, 0.6) is 0 Å². The van der Waals surface area contributed by atoms with Gasteiger partial charge in [0.1, 0.15) is 0 Å². The molecular weight excluding hydrogens is 310 g/mol. The monoisotopic (exact) mass is 318 g/mol. The molecule has 0 aliphatic carbocycles. The van der Waals surface area contributed by atoms with Gasteiger partial charge < -0.3 is 30.6 Å². The molecule has 0 saturated heterocycles. The topological polar surface area (TPSA) is 132 Å². The average molecular weight is 320 g/mol. The van der Waals surface area contributed by atoms with Crippen LogP contribution in [-0.4, -0.2) is 10.2 Å². The second kappa shape index (κ2) is 13.8. The third kappa shape index (κ3) is 18.3. The van der Waals surface area contributed by atoms with Crippen molar-refractivity contribution in [2.24, 2.45) is 0 Å². The Kier molecular flexibility index (Phi) is 15.9. The summed E-state index contributed by atoms with van der Waals surface area (Å²) in [7, 11) is 0. The summed E-state index contributed by atoms with van der Waals surface area (Å²) >= 11 is 0. The zero-order valence-electron chi connectivity index (χ0n) is 9.93. The fraction of sp³-hybridized carbons (Fsp3) is 0. The second-order valence-electron chi connectivity index (χ2n) is 2.48. The zero-order chi connectivity index (χ0) is 14.6. The van der Waals surface area contributed by atoms with Gasteiger partial charge in [-0.15, -0.1) is 0 Å². The SMILES string of the molecule is C=Cc1ccccc1C=C.O=[N+]([O-])[O-].O=[N+]([O-])[O-].[Zn+2]. The first-order valence-corrected chi connectivity index (χ1v) is 4.32. The van der Waals surface area contributed by atoms with Gasteiger partial charge in [0.2, 0.25) is 0 Å². The third-order valence-electron chi connectivity index (χ3n) is 1.44. The molecule has 0 fully saturated rings. The van der Waals surface area contributed by atoms with Crippen LogP contribution in [0.15, 0.2) is 37.4 Å². The van der Waals surface area contributed by atoms with Gasteiger partial charge in [0, 0.05) is 0 Å². The molecule has 0 atom stereocenters. The molecule has 98 valence electrons. The molecule has 0 heterocycles. The van der Waals surface area contributed by atoms with Crippen molar-refractivity contribution in [1.29, 1.82) is 0 Å². The van der Waals surface area contributed by atoms with Crippen molar-refractivity contribution in [1.82, 2.24) is 0 Å². The summed E-state index contributed by atoms with van der Waals surface area (Å²) in [6.07, 6.45) is 3.66. The maximum atomic E-state index is 8.25. The first-order valence-electron chi connectivity index (χ1n) is 4.32. The van der Waals surface area contributed by atoms with E-state index in [9.17, 15) is 0 Å². The van der Waals surface area contributed by atoms with Crippen molar-refractivity contribution in [3.63, 3.8) is 0 Å². The first-order chi connectivity index (χ1) is 8.34. The van der Waals surface area contributed by atoms with E-state index in [1.54, 1.807) is 0 Å². The Morgan fingerprint density at radius 2 is 1.05 bits per heavy atom. The van der Waals surface area contributed by atoms with E-state index < -0.39 is 10.2 Å². The van der Waals surface area contributed by atoms with Crippen molar-refractivity contribution in [3.8, 4) is 0 Å². The Labute approximate surface area is 121 Å². The summed E-state index contributed by atoms with van der Waals surface area (Å²) in [5, 5.41) is 29.5. The fourth-order valence-electron chi connectivity index (χ4n) is 0.883. The van der Waals surface area contributed by atoms with Crippen LogP contribution in [0.25, 0.3) is 12.2 Å². The smallest absolute Gasteiger partial charge is 0.356 e. The molecule has 0 bridgehead atoms. The Morgan fingerprint density at radius 3 is 1.21 bits per heavy atom. The van der Waals surface area contributed by atoms with E-state index in [0.29, 0.717) is 0 Å². The molecular formula is C10H10N2O6Zn. The quantitative estimate of drug-likeness (QED) is 0.467. The van der Waals surface area contributed by atoms with Crippen LogP contribution in [0.3, 0.4) is 0 Å². The molecule has 9 heteroatoms. The normalized spacial score (nSPS) is 7.16. The molecule has 8 nitrogen and oxygen atoms in total. The van der Waals surface area contributed by atoms with E-state index in [1.807, 2.05) is 36.4 Å². The van der Waals surface area contributed by atoms with Gasteiger partial charge in [0.15, 0.2) is 0 Å². The van der Waals surface area contributed by atoms with Gasteiger partial charge >= 0.3 is 19.5 Å². The van der Waals surface area contributed by atoms with E-state index in [0.717, 1.165) is 11.1 Å². The summed E-state index contributed by atoms with van der Waals surface area (Å²) < 4.78 is 0. The van der Waals surface area contributed by atoms with Gasteiger partial charge in [-0.05, 0) is 11.1 Å². The number of rotatable bonds is 2. The number of hydrogen-bond donors (Lipinski definition) is 0. The molecule has 1 aromatic carbocycles. The zero-order valence-corrected chi connectivity index (χ0v) is 12.9. The van der Waals surface area contributed by atoms with Crippen LogP contribution in [0.1, 0.15) is 11.1 Å². The van der Waals surface area contributed by atoms with Gasteiger partial charge in [-0.3, -0.25) is 0 Å². The predicted octanol–water partition coefficient (Wildman–Crippen LogP) is 2.49. The van der Waals surface area contributed by atoms with Crippen molar-refractivity contribution in [2.75, 3.05) is 0 Å². The largest absolute Gasteiger partial charge is 2.00 e. The minimum absolute atomic E-state index is 0. The molecule has 0 amide bonds. The van der Waals surface area contributed by atoms with Crippen molar-refractivity contribution in [3.05, 3.63) is 79.2 Å². The standard InChI is InChI=1S/C10H10.2NO3.Zn/c1-3-9-7-5-6-8-10(9)4-2;2*2-1(3)4;/h3-8H,1-2H2;;;/q;2*-1;+2. The molecule has 19 heavy (non-hydrogen) atoms. The molecule has 1 aromatic rings. The first kappa shape index (κ1) is 22.0. The van der Waals surface area contributed by atoms with Crippen LogP contribution in [0.4, 0.5) is 0 Å². The van der Waals surface area contributed by atoms with Gasteiger partial charge in [-0.25, -0.2) is 0 Å². The minimum atomic E-state index is -1.75. The number of hydrogen-bond acceptors (Lipinski definition) is 6. The summed E-state index contributed by atoms with van der Waals surface area (Å²) in [6.45, 7) is 7.38. The van der Waals surface area contributed by atoms with Crippen molar-refractivity contribution in [2.45, 2.75) is 0 Å². The van der Waals surface area contributed by atoms with E-state index in [-0.39, 0.29) is 19.5 Å². The molecule has 0 aromatic heterocycles. The average Bonchev–Trinajstić information content (AvgIpc) is 2.27. The maximum absolute atomic E-state index is 8.25. The van der Waals surface area contributed by atoms with E-state index in [4.69, 9.17) is 30.6 Å². The fourth-order valence-corrected chi connectivity index (χ4v) is 0.883. The van der Waals surface area contributed by atoms with Crippen molar-refractivity contribution < 1.29 is 29.7 Å². The molecule has 0 saturated carbocycles. The maximum Gasteiger partial charge on any atom is 2.00 e. The van der Waals surface area contributed by atoms with Gasteiger partial charge in [0.25, 0.3) is 0 Å². The summed E-state index contributed by atoms with van der Waals surface area (Å²) in [4.78, 5) is 16.5. The minimum Gasteiger partial charge on any atom is -0.356 e. The summed E-state index contributed by atoms with van der Waals surface area (Å²) in [5.41, 5.74) is 2.27. The number of nitrogens with zero attached hydrogens (tertiary/aromatic N) is 2.